The van der Waals surface area contributed by atoms with E-state index in [1.165, 1.54) is 27.6 Å². The lowest BCUT2D eigenvalue weighted by Gasteiger charge is -2.21. The molecule has 4 aromatic rings. The van der Waals surface area contributed by atoms with Crippen LogP contribution >= 0.6 is 34.3 Å². The molecule has 1 unspecified atom stereocenters. The van der Waals surface area contributed by atoms with Crippen LogP contribution in [0.4, 0.5) is 5.13 Å². The van der Waals surface area contributed by atoms with Crippen LogP contribution in [0.5, 0.6) is 0 Å². The van der Waals surface area contributed by atoms with Crippen molar-refractivity contribution in [2.45, 2.75) is 13.0 Å². The molecule has 0 radical (unpaired) electrons. The van der Waals surface area contributed by atoms with E-state index in [2.05, 4.69) is 4.98 Å². The zero-order valence-corrected chi connectivity index (χ0v) is 18.6. The summed E-state index contributed by atoms with van der Waals surface area (Å²) in [6, 6.07) is 15.3. The molecule has 1 aliphatic heterocycles. The standard InChI is InChI=1S/C23H15ClN2O3S2/c1-12-4-9-15-17(11-12)31-23(25-15)26-19(16-3-2-10-30-16)18(21(28)22(26)29)20(27)13-5-7-14(24)8-6-13/h2-11,19,27H,1H3. The number of fused-ring (bicyclic) bond motifs is 1. The third-order valence-electron chi connectivity index (χ3n) is 5.11. The first-order valence-corrected chi connectivity index (χ1v) is 11.5. The topological polar surface area (TPSA) is 70.5 Å². The Kier molecular flexibility index (Phi) is 4.89. The molecular formula is C23H15ClN2O3S2. The summed E-state index contributed by atoms with van der Waals surface area (Å²) in [5, 5.41) is 13.8. The van der Waals surface area contributed by atoms with Crippen LogP contribution < -0.4 is 4.90 Å². The van der Waals surface area contributed by atoms with Crippen LogP contribution in [0.15, 0.2) is 65.6 Å². The summed E-state index contributed by atoms with van der Waals surface area (Å²) in [5.74, 6) is -1.67. The molecule has 0 spiro atoms. The van der Waals surface area contributed by atoms with Gasteiger partial charge in [0.05, 0.1) is 15.8 Å². The molecule has 0 saturated carbocycles. The van der Waals surface area contributed by atoms with Gasteiger partial charge in [0.1, 0.15) is 11.8 Å². The van der Waals surface area contributed by atoms with E-state index in [1.54, 1.807) is 24.3 Å². The van der Waals surface area contributed by atoms with Crippen LogP contribution in [0.3, 0.4) is 0 Å². The van der Waals surface area contributed by atoms with Gasteiger partial charge in [-0.1, -0.05) is 35.1 Å². The van der Waals surface area contributed by atoms with Crippen molar-refractivity contribution < 1.29 is 14.7 Å². The lowest BCUT2D eigenvalue weighted by Crippen LogP contribution is -2.28. The predicted molar refractivity (Wildman–Crippen MR) is 125 cm³/mol. The van der Waals surface area contributed by atoms with Crippen molar-refractivity contribution in [1.29, 1.82) is 0 Å². The van der Waals surface area contributed by atoms with E-state index in [9.17, 15) is 14.7 Å². The Labute approximate surface area is 190 Å². The van der Waals surface area contributed by atoms with E-state index in [0.29, 0.717) is 15.7 Å². The molecule has 1 amide bonds. The maximum absolute atomic E-state index is 13.1. The highest BCUT2D eigenvalue weighted by Crippen LogP contribution is 2.45. The number of thiazole rings is 1. The molecule has 3 heterocycles. The average molecular weight is 467 g/mol. The third kappa shape index (κ3) is 3.35. The summed E-state index contributed by atoms with van der Waals surface area (Å²) in [5.41, 5.74) is 2.31. The number of carbonyl (C=O) groups is 2. The molecule has 0 bridgehead atoms. The summed E-state index contributed by atoms with van der Waals surface area (Å²) >= 11 is 8.73. The van der Waals surface area contributed by atoms with E-state index >= 15 is 0 Å². The fraction of sp³-hybridized carbons (Fsp3) is 0.0870. The molecule has 5 nitrogen and oxygen atoms in total. The normalized spacial score (nSPS) is 18.3. The molecule has 1 fully saturated rings. The van der Waals surface area contributed by atoms with Crippen molar-refractivity contribution in [2.24, 2.45) is 0 Å². The van der Waals surface area contributed by atoms with Crippen LogP contribution in [-0.4, -0.2) is 21.8 Å². The highest BCUT2D eigenvalue weighted by atomic mass is 35.5. The SMILES string of the molecule is Cc1ccc2nc(N3C(=O)C(=O)C(=C(O)c4ccc(Cl)cc4)C3c3cccs3)sc2c1. The van der Waals surface area contributed by atoms with E-state index in [1.807, 2.05) is 42.6 Å². The van der Waals surface area contributed by atoms with Gasteiger partial charge in [0, 0.05) is 15.5 Å². The molecule has 2 aromatic carbocycles. The van der Waals surface area contributed by atoms with E-state index in [4.69, 9.17) is 11.6 Å². The first-order valence-electron chi connectivity index (χ1n) is 9.41. The molecule has 5 rings (SSSR count). The molecule has 8 heteroatoms. The minimum Gasteiger partial charge on any atom is -0.507 e. The second kappa shape index (κ2) is 7.60. The van der Waals surface area contributed by atoms with Crippen LogP contribution in [0, 0.1) is 6.92 Å². The molecule has 2 aromatic heterocycles. The number of aromatic nitrogens is 1. The Hall–Kier alpha value is -3.00. The fourth-order valence-electron chi connectivity index (χ4n) is 3.63. The van der Waals surface area contributed by atoms with Crippen molar-refractivity contribution in [3.63, 3.8) is 0 Å². The zero-order valence-electron chi connectivity index (χ0n) is 16.2. The number of Topliss-reactive ketones (excluding diaryl/α,β-unsaturated/α-hetero) is 1. The summed E-state index contributed by atoms with van der Waals surface area (Å²) in [7, 11) is 0. The maximum atomic E-state index is 13.1. The van der Waals surface area contributed by atoms with Gasteiger partial charge >= 0.3 is 5.91 Å². The maximum Gasteiger partial charge on any atom is 0.301 e. The molecule has 1 N–H and O–H groups in total. The predicted octanol–water partition coefficient (Wildman–Crippen LogP) is 5.95. The number of thiophene rings is 1. The summed E-state index contributed by atoms with van der Waals surface area (Å²) in [4.78, 5) is 33.0. The second-order valence-corrected chi connectivity index (χ2v) is 9.58. The van der Waals surface area contributed by atoms with Gasteiger partial charge in [-0.2, -0.15) is 0 Å². The van der Waals surface area contributed by atoms with E-state index < -0.39 is 17.7 Å². The highest BCUT2D eigenvalue weighted by molar-refractivity contribution is 7.22. The van der Waals surface area contributed by atoms with E-state index in [-0.39, 0.29) is 11.3 Å². The van der Waals surface area contributed by atoms with Crippen molar-refractivity contribution in [1.82, 2.24) is 4.98 Å². The summed E-state index contributed by atoms with van der Waals surface area (Å²) in [6.45, 7) is 1.99. The Balaban J connectivity index is 1.71. The molecule has 0 aliphatic carbocycles. The van der Waals surface area contributed by atoms with Gasteiger partial charge < -0.3 is 5.11 Å². The molecule has 154 valence electrons. The van der Waals surface area contributed by atoms with Gasteiger partial charge in [-0.25, -0.2) is 4.98 Å². The van der Waals surface area contributed by atoms with Gasteiger partial charge in [0.25, 0.3) is 5.78 Å². The lowest BCUT2D eigenvalue weighted by atomic mass is 10.00. The lowest BCUT2D eigenvalue weighted by molar-refractivity contribution is -0.132. The summed E-state index contributed by atoms with van der Waals surface area (Å²) in [6.07, 6.45) is 0. The van der Waals surface area contributed by atoms with E-state index in [0.717, 1.165) is 20.7 Å². The number of rotatable bonds is 3. The van der Waals surface area contributed by atoms with Gasteiger partial charge in [-0.3, -0.25) is 14.5 Å². The number of halogens is 1. The van der Waals surface area contributed by atoms with Gasteiger partial charge in [-0.05, 0) is 60.3 Å². The first-order chi connectivity index (χ1) is 14.9. The number of ketones is 1. The Morgan fingerprint density at radius 1 is 1.13 bits per heavy atom. The van der Waals surface area contributed by atoms with Gasteiger partial charge in [0.2, 0.25) is 0 Å². The Morgan fingerprint density at radius 2 is 1.90 bits per heavy atom. The van der Waals surface area contributed by atoms with Crippen LogP contribution in [0.1, 0.15) is 22.0 Å². The number of aliphatic hydroxyl groups is 1. The number of benzene rings is 2. The average Bonchev–Trinajstić information content (AvgIpc) is 3.47. The van der Waals surface area contributed by atoms with Gasteiger partial charge in [-0.15, -0.1) is 11.3 Å². The minimum atomic E-state index is -0.752. The largest absolute Gasteiger partial charge is 0.507 e. The number of carbonyl (C=O) groups excluding carboxylic acids is 2. The Morgan fingerprint density at radius 3 is 2.61 bits per heavy atom. The van der Waals surface area contributed by atoms with Crippen LogP contribution in [-0.2, 0) is 9.59 Å². The first kappa shape index (κ1) is 19.9. The quantitative estimate of drug-likeness (QED) is 0.230. The van der Waals surface area contributed by atoms with Crippen LogP contribution in [0.2, 0.25) is 5.02 Å². The van der Waals surface area contributed by atoms with Crippen molar-refractivity contribution >= 4 is 67.1 Å². The fourth-order valence-corrected chi connectivity index (χ4v) is 5.67. The minimum absolute atomic E-state index is 0.0465. The Bertz CT molecular complexity index is 1360. The number of amides is 1. The number of hydrogen-bond acceptors (Lipinski definition) is 6. The van der Waals surface area contributed by atoms with Crippen LogP contribution in [0.25, 0.3) is 16.0 Å². The third-order valence-corrected chi connectivity index (χ3v) is 7.31. The second-order valence-electron chi connectivity index (χ2n) is 7.16. The number of aryl methyl sites for hydroxylation is 1. The monoisotopic (exact) mass is 466 g/mol. The smallest absolute Gasteiger partial charge is 0.301 e. The molecule has 1 atom stereocenters. The highest BCUT2D eigenvalue weighted by Gasteiger charge is 2.48. The number of hydrogen-bond donors (Lipinski definition) is 1. The molecule has 31 heavy (non-hydrogen) atoms. The number of aliphatic hydroxyl groups excluding tert-OH is 1. The number of anilines is 1. The summed E-state index contributed by atoms with van der Waals surface area (Å²) < 4.78 is 0.930. The molecular weight excluding hydrogens is 452 g/mol. The molecule has 1 saturated heterocycles. The van der Waals surface area contributed by atoms with Crippen molar-refractivity contribution in [2.75, 3.05) is 4.90 Å². The zero-order chi connectivity index (χ0) is 21.7. The molecule has 1 aliphatic rings. The number of nitrogens with zero attached hydrogens (tertiary/aromatic N) is 2. The van der Waals surface area contributed by atoms with Gasteiger partial charge in [0.15, 0.2) is 5.13 Å². The van der Waals surface area contributed by atoms with Crippen molar-refractivity contribution in [3.8, 4) is 0 Å². The van der Waals surface area contributed by atoms with Crippen molar-refractivity contribution in [3.05, 3.63) is 86.6 Å².